The fourth-order valence-corrected chi connectivity index (χ4v) is 3.58. The van der Waals surface area contributed by atoms with Gasteiger partial charge < -0.3 is 20.1 Å². The van der Waals surface area contributed by atoms with E-state index in [1.54, 1.807) is 6.33 Å². The number of likely N-dealkylation sites (tertiary alicyclic amines) is 1. The second-order valence-electron chi connectivity index (χ2n) is 7.47. The molecular weight excluding hydrogens is 505 g/mol. The predicted molar refractivity (Wildman–Crippen MR) is 134 cm³/mol. The van der Waals surface area contributed by atoms with Crippen molar-refractivity contribution in [2.75, 3.05) is 26.2 Å². The maximum Gasteiger partial charge on any atom is 0.253 e. The van der Waals surface area contributed by atoms with Crippen LogP contribution in [0.1, 0.15) is 54.9 Å². The number of aliphatic imine (C=N–C) groups is 1. The number of nitrogens with one attached hydrogen (secondary N) is 2. The number of amides is 1. The molecular formula is C22H34IN7O. The lowest BCUT2D eigenvalue weighted by atomic mass is 10.1. The van der Waals surface area contributed by atoms with Crippen molar-refractivity contribution in [3.63, 3.8) is 0 Å². The van der Waals surface area contributed by atoms with Gasteiger partial charge in [0.05, 0.1) is 6.54 Å². The van der Waals surface area contributed by atoms with E-state index in [1.165, 1.54) is 6.42 Å². The minimum atomic E-state index is 0. The molecule has 3 rings (SSSR count). The molecule has 2 heterocycles. The van der Waals surface area contributed by atoms with Gasteiger partial charge >= 0.3 is 0 Å². The Morgan fingerprint density at radius 2 is 1.84 bits per heavy atom. The van der Waals surface area contributed by atoms with Gasteiger partial charge in [-0.05, 0) is 43.9 Å². The summed E-state index contributed by atoms with van der Waals surface area (Å²) in [6.07, 6.45) is 6.06. The number of benzene rings is 1. The molecule has 0 radical (unpaired) electrons. The highest BCUT2D eigenvalue weighted by molar-refractivity contribution is 14.0. The van der Waals surface area contributed by atoms with Crippen LogP contribution in [-0.4, -0.2) is 57.7 Å². The third kappa shape index (κ3) is 7.48. The first kappa shape index (κ1) is 25.1. The van der Waals surface area contributed by atoms with E-state index in [2.05, 4.69) is 37.3 Å². The van der Waals surface area contributed by atoms with Crippen LogP contribution < -0.4 is 10.6 Å². The summed E-state index contributed by atoms with van der Waals surface area (Å²) in [5.74, 6) is 1.90. The maximum atomic E-state index is 12.6. The summed E-state index contributed by atoms with van der Waals surface area (Å²) in [5.41, 5.74) is 1.84. The van der Waals surface area contributed by atoms with Crippen LogP contribution in [0.2, 0.25) is 0 Å². The predicted octanol–water partition coefficient (Wildman–Crippen LogP) is 2.84. The van der Waals surface area contributed by atoms with E-state index in [-0.39, 0.29) is 29.9 Å². The number of aryl methyl sites for hydroxylation is 1. The van der Waals surface area contributed by atoms with Crippen molar-refractivity contribution >= 4 is 35.8 Å². The molecule has 0 atom stereocenters. The molecule has 1 aliphatic heterocycles. The zero-order chi connectivity index (χ0) is 21.2. The summed E-state index contributed by atoms with van der Waals surface area (Å²) >= 11 is 0. The first-order chi connectivity index (χ1) is 14.7. The number of nitrogens with zero attached hydrogens (tertiary/aromatic N) is 5. The molecule has 0 spiro atoms. The van der Waals surface area contributed by atoms with E-state index in [0.717, 1.165) is 74.9 Å². The van der Waals surface area contributed by atoms with Crippen LogP contribution in [0, 0.1) is 0 Å². The third-order valence-electron chi connectivity index (χ3n) is 5.27. The SMILES string of the molecule is CCNC(=NCc1ccc(C(=O)N2CCCCC2)cc1)NCCn1cnnc1CC.I. The van der Waals surface area contributed by atoms with Crippen LogP contribution in [0.3, 0.4) is 0 Å². The Balaban J connectivity index is 0.00000341. The van der Waals surface area contributed by atoms with E-state index >= 15 is 0 Å². The summed E-state index contributed by atoms with van der Waals surface area (Å²) in [4.78, 5) is 19.2. The maximum absolute atomic E-state index is 12.6. The smallest absolute Gasteiger partial charge is 0.253 e. The number of aromatic nitrogens is 3. The molecule has 1 aromatic heterocycles. The average Bonchev–Trinajstić information content (AvgIpc) is 3.25. The summed E-state index contributed by atoms with van der Waals surface area (Å²) < 4.78 is 2.05. The lowest BCUT2D eigenvalue weighted by molar-refractivity contribution is 0.0724. The second-order valence-corrected chi connectivity index (χ2v) is 7.47. The highest BCUT2D eigenvalue weighted by Gasteiger charge is 2.17. The van der Waals surface area contributed by atoms with Gasteiger partial charge in [-0.15, -0.1) is 34.2 Å². The van der Waals surface area contributed by atoms with Crippen LogP contribution in [0.25, 0.3) is 0 Å². The van der Waals surface area contributed by atoms with Crippen molar-refractivity contribution in [2.45, 2.75) is 52.6 Å². The fraction of sp³-hybridized carbons (Fsp3) is 0.545. The summed E-state index contributed by atoms with van der Waals surface area (Å²) in [6.45, 7) is 8.74. The van der Waals surface area contributed by atoms with Crippen molar-refractivity contribution in [2.24, 2.45) is 4.99 Å². The largest absolute Gasteiger partial charge is 0.357 e. The molecule has 2 N–H and O–H groups in total. The van der Waals surface area contributed by atoms with Gasteiger partial charge in [-0.1, -0.05) is 19.1 Å². The number of hydrogen-bond acceptors (Lipinski definition) is 4. The monoisotopic (exact) mass is 539 g/mol. The molecule has 1 fully saturated rings. The standard InChI is InChI=1S/C22H33N7O.HI/c1-3-20-27-26-17-29(20)15-12-24-22(23-4-2)25-16-18-8-10-19(11-9-18)21(30)28-13-6-5-7-14-28;/h8-11,17H,3-7,12-16H2,1-2H3,(H2,23,24,25);1H. The third-order valence-corrected chi connectivity index (χ3v) is 5.27. The molecule has 8 nitrogen and oxygen atoms in total. The van der Waals surface area contributed by atoms with E-state index < -0.39 is 0 Å². The molecule has 1 aromatic carbocycles. The van der Waals surface area contributed by atoms with Gasteiger partial charge in [0.2, 0.25) is 0 Å². The van der Waals surface area contributed by atoms with Gasteiger partial charge in [0.15, 0.2) is 5.96 Å². The molecule has 0 aliphatic carbocycles. The molecule has 170 valence electrons. The Morgan fingerprint density at radius 3 is 2.52 bits per heavy atom. The molecule has 2 aromatic rings. The first-order valence-corrected chi connectivity index (χ1v) is 11.0. The summed E-state index contributed by atoms with van der Waals surface area (Å²) in [5, 5.41) is 14.7. The van der Waals surface area contributed by atoms with Crippen LogP contribution in [-0.2, 0) is 19.5 Å². The Kier molecular flexibility index (Phi) is 10.8. The van der Waals surface area contributed by atoms with Crippen molar-refractivity contribution in [1.82, 2.24) is 30.3 Å². The van der Waals surface area contributed by atoms with Crippen LogP contribution in [0.4, 0.5) is 0 Å². The van der Waals surface area contributed by atoms with Gasteiger partial charge in [-0.25, -0.2) is 4.99 Å². The number of hydrogen-bond donors (Lipinski definition) is 2. The number of piperidine rings is 1. The summed E-state index contributed by atoms with van der Waals surface area (Å²) in [7, 11) is 0. The van der Waals surface area contributed by atoms with Gasteiger partial charge in [0.1, 0.15) is 12.2 Å². The Hall–Kier alpha value is -2.17. The van der Waals surface area contributed by atoms with Crippen molar-refractivity contribution in [1.29, 1.82) is 0 Å². The average molecular weight is 539 g/mol. The molecule has 0 bridgehead atoms. The molecule has 1 amide bonds. The van der Waals surface area contributed by atoms with Crippen LogP contribution >= 0.6 is 24.0 Å². The fourth-order valence-electron chi connectivity index (χ4n) is 3.58. The van der Waals surface area contributed by atoms with Crippen LogP contribution in [0.15, 0.2) is 35.6 Å². The highest BCUT2D eigenvalue weighted by atomic mass is 127. The lowest BCUT2D eigenvalue weighted by Crippen LogP contribution is -2.38. The van der Waals surface area contributed by atoms with Gasteiger partial charge in [0, 0.05) is 44.7 Å². The normalized spacial score (nSPS) is 14.1. The van der Waals surface area contributed by atoms with Gasteiger partial charge in [-0.2, -0.15) is 0 Å². The number of halogens is 1. The second kappa shape index (κ2) is 13.3. The van der Waals surface area contributed by atoms with Crippen LogP contribution in [0.5, 0.6) is 0 Å². The molecule has 31 heavy (non-hydrogen) atoms. The number of carbonyl (C=O) groups excluding carboxylic acids is 1. The lowest BCUT2D eigenvalue weighted by Gasteiger charge is -2.26. The molecule has 1 saturated heterocycles. The van der Waals surface area contributed by atoms with E-state index in [1.807, 2.05) is 36.1 Å². The highest BCUT2D eigenvalue weighted by Crippen LogP contribution is 2.14. The van der Waals surface area contributed by atoms with Gasteiger partial charge in [0.25, 0.3) is 5.91 Å². The van der Waals surface area contributed by atoms with E-state index in [0.29, 0.717) is 6.54 Å². The quantitative estimate of drug-likeness (QED) is 0.306. The van der Waals surface area contributed by atoms with Crippen molar-refractivity contribution < 1.29 is 4.79 Å². The van der Waals surface area contributed by atoms with Crippen molar-refractivity contribution in [3.05, 3.63) is 47.5 Å². The molecule has 1 aliphatic rings. The number of rotatable bonds is 8. The first-order valence-electron chi connectivity index (χ1n) is 11.0. The minimum absolute atomic E-state index is 0. The number of carbonyl (C=O) groups is 1. The molecule has 0 saturated carbocycles. The van der Waals surface area contributed by atoms with Gasteiger partial charge in [-0.3, -0.25) is 4.79 Å². The zero-order valence-electron chi connectivity index (χ0n) is 18.5. The molecule has 0 unspecified atom stereocenters. The van der Waals surface area contributed by atoms with E-state index in [4.69, 9.17) is 0 Å². The minimum Gasteiger partial charge on any atom is -0.357 e. The Bertz CT molecular complexity index is 829. The number of guanidine groups is 1. The topological polar surface area (TPSA) is 87.4 Å². The van der Waals surface area contributed by atoms with E-state index in [9.17, 15) is 4.79 Å². The Morgan fingerprint density at radius 1 is 1.10 bits per heavy atom. The molecule has 9 heteroatoms. The summed E-state index contributed by atoms with van der Waals surface area (Å²) in [6, 6.07) is 7.82. The Labute approximate surface area is 201 Å². The van der Waals surface area contributed by atoms with Crippen molar-refractivity contribution in [3.8, 4) is 0 Å². The zero-order valence-corrected chi connectivity index (χ0v) is 20.8.